The van der Waals surface area contributed by atoms with Gasteiger partial charge in [0.2, 0.25) is 0 Å². The van der Waals surface area contributed by atoms with Crippen molar-refractivity contribution >= 4 is 5.69 Å². The van der Waals surface area contributed by atoms with Crippen LogP contribution >= 0.6 is 0 Å². The third-order valence-corrected chi connectivity index (χ3v) is 3.82. The molecule has 0 spiro atoms. The van der Waals surface area contributed by atoms with Gasteiger partial charge >= 0.3 is 0 Å². The minimum atomic E-state index is -0.464. The van der Waals surface area contributed by atoms with E-state index in [1.54, 1.807) is 14.2 Å². The van der Waals surface area contributed by atoms with Crippen molar-refractivity contribution in [1.82, 2.24) is 0 Å². The molecule has 1 aromatic carbocycles. The summed E-state index contributed by atoms with van der Waals surface area (Å²) < 4.78 is 10.9. The first-order valence-corrected chi connectivity index (χ1v) is 7.08. The Morgan fingerprint density at radius 1 is 1.15 bits per heavy atom. The molecule has 0 unspecified atom stereocenters. The van der Waals surface area contributed by atoms with E-state index in [2.05, 4.69) is 4.90 Å². The van der Waals surface area contributed by atoms with Gasteiger partial charge in [0.05, 0.1) is 32.6 Å². The molecule has 1 aliphatic rings. The highest BCUT2D eigenvalue weighted by molar-refractivity contribution is 5.64. The summed E-state index contributed by atoms with van der Waals surface area (Å²) in [6.07, 6.45) is 3.68. The van der Waals surface area contributed by atoms with E-state index in [0.29, 0.717) is 5.75 Å². The lowest BCUT2D eigenvalue weighted by molar-refractivity contribution is 0.264. The number of anilines is 1. The van der Waals surface area contributed by atoms with E-state index < -0.39 is 6.04 Å². The Hall–Kier alpha value is -1.46. The second-order valence-corrected chi connectivity index (χ2v) is 5.10. The highest BCUT2D eigenvalue weighted by atomic mass is 16.5. The minimum Gasteiger partial charge on any atom is -0.496 e. The molecule has 0 bridgehead atoms. The fourth-order valence-electron chi connectivity index (χ4n) is 2.68. The zero-order chi connectivity index (χ0) is 14.5. The van der Waals surface area contributed by atoms with Crippen LogP contribution in [0.2, 0.25) is 0 Å². The van der Waals surface area contributed by atoms with Crippen LogP contribution in [-0.2, 0) is 0 Å². The molecule has 5 heteroatoms. The van der Waals surface area contributed by atoms with Crippen molar-refractivity contribution in [1.29, 1.82) is 0 Å². The lowest BCUT2D eigenvalue weighted by Crippen LogP contribution is -2.30. The molecule has 20 heavy (non-hydrogen) atoms. The molecule has 2 rings (SSSR count). The summed E-state index contributed by atoms with van der Waals surface area (Å²) in [5.41, 5.74) is 7.73. The second kappa shape index (κ2) is 6.81. The average Bonchev–Trinajstić information content (AvgIpc) is 2.53. The van der Waals surface area contributed by atoms with Gasteiger partial charge in [0.15, 0.2) is 0 Å². The van der Waals surface area contributed by atoms with E-state index >= 15 is 0 Å². The zero-order valence-electron chi connectivity index (χ0n) is 12.3. The fraction of sp³-hybridized carbons (Fsp3) is 0.600. The molecule has 1 aliphatic heterocycles. The molecule has 112 valence electrons. The molecule has 0 aromatic heterocycles. The van der Waals surface area contributed by atoms with Crippen molar-refractivity contribution in [3.05, 3.63) is 17.7 Å². The van der Waals surface area contributed by atoms with Crippen LogP contribution in [0.4, 0.5) is 5.69 Å². The Balaban J connectivity index is 2.40. The third kappa shape index (κ3) is 2.99. The summed E-state index contributed by atoms with van der Waals surface area (Å²) in [7, 11) is 3.28. The van der Waals surface area contributed by atoms with Gasteiger partial charge in [-0.3, -0.25) is 0 Å². The predicted molar refractivity (Wildman–Crippen MR) is 79.6 cm³/mol. The first-order valence-electron chi connectivity index (χ1n) is 7.08. The van der Waals surface area contributed by atoms with Gasteiger partial charge in [-0.25, -0.2) is 0 Å². The Morgan fingerprint density at radius 3 is 2.35 bits per heavy atom. The highest BCUT2D eigenvalue weighted by Crippen LogP contribution is 2.38. The van der Waals surface area contributed by atoms with Crippen LogP contribution in [0.5, 0.6) is 11.5 Å². The molecule has 0 saturated carbocycles. The summed E-state index contributed by atoms with van der Waals surface area (Å²) in [5, 5.41) is 9.26. The largest absolute Gasteiger partial charge is 0.496 e. The zero-order valence-corrected chi connectivity index (χ0v) is 12.3. The molecule has 1 fully saturated rings. The first-order chi connectivity index (χ1) is 9.71. The Kier molecular flexibility index (Phi) is 5.09. The summed E-state index contributed by atoms with van der Waals surface area (Å²) >= 11 is 0. The van der Waals surface area contributed by atoms with E-state index in [0.717, 1.165) is 30.1 Å². The fourth-order valence-corrected chi connectivity index (χ4v) is 2.68. The molecule has 5 nitrogen and oxygen atoms in total. The third-order valence-electron chi connectivity index (χ3n) is 3.82. The maximum atomic E-state index is 9.26. The van der Waals surface area contributed by atoms with Gasteiger partial charge in [-0.05, 0) is 25.3 Å². The number of hydrogen-bond acceptors (Lipinski definition) is 5. The van der Waals surface area contributed by atoms with Gasteiger partial charge in [-0.15, -0.1) is 0 Å². The number of benzene rings is 1. The number of nitrogens with two attached hydrogens (primary N) is 1. The monoisotopic (exact) mass is 280 g/mol. The summed E-state index contributed by atoms with van der Waals surface area (Å²) in [5.74, 6) is 1.49. The number of nitrogens with zero attached hydrogens (tertiary/aromatic N) is 1. The molecular weight excluding hydrogens is 256 g/mol. The van der Waals surface area contributed by atoms with Crippen LogP contribution in [0.25, 0.3) is 0 Å². The van der Waals surface area contributed by atoms with E-state index in [4.69, 9.17) is 15.2 Å². The minimum absolute atomic E-state index is 0.122. The normalized spacial score (nSPS) is 16.9. The number of methoxy groups -OCH3 is 2. The summed E-state index contributed by atoms with van der Waals surface area (Å²) in [4.78, 5) is 2.32. The number of ether oxygens (including phenoxy) is 2. The van der Waals surface area contributed by atoms with Crippen LogP contribution in [0.3, 0.4) is 0 Å². The van der Waals surface area contributed by atoms with Crippen LogP contribution in [0.1, 0.15) is 30.9 Å². The molecule has 3 N–H and O–H groups in total. The van der Waals surface area contributed by atoms with Gasteiger partial charge in [0.1, 0.15) is 11.5 Å². The molecule has 1 atom stereocenters. The van der Waals surface area contributed by atoms with Gasteiger partial charge < -0.3 is 25.2 Å². The Bertz CT molecular complexity index is 445. The molecule has 0 radical (unpaired) electrons. The van der Waals surface area contributed by atoms with Crippen molar-refractivity contribution in [2.45, 2.75) is 25.3 Å². The first kappa shape index (κ1) is 14.9. The maximum Gasteiger partial charge on any atom is 0.142 e. The van der Waals surface area contributed by atoms with Crippen molar-refractivity contribution in [2.24, 2.45) is 5.73 Å². The molecular formula is C15H24N2O3. The molecule has 0 aliphatic carbocycles. The van der Waals surface area contributed by atoms with Gasteiger partial charge in [0.25, 0.3) is 0 Å². The molecule has 1 aromatic rings. The second-order valence-electron chi connectivity index (χ2n) is 5.10. The number of piperidine rings is 1. The van der Waals surface area contributed by atoms with Crippen molar-refractivity contribution in [3.8, 4) is 11.5 Å². The van der Waals surface area contributed by atoms with Crippen molar-refractivity contribution in [2.75, 3.05) is 38.8 Å². The number of aliphatic hydroxyl groups excluding tert-OH is 1. The number of rotatable bonds is 5. The van der Waals surface area contributed by atoms with Gasteiger partial charge in [0, 0.05) is 24.7 Å². The van der Waals surface area contributed by atoms with Gasteiger partial charge in [-0.1, -0.05) is 0 Å². The molecule has 0 amide bonds. The van der Waals surface area contributed by atoms with E-state index in [9.17, 15) is 5.11 Å². The summed E-state index contributed by atoms with van der Waals surface area (Å²) in [6.45, 7) is 1.94. The Morgan fingerprint density at radius 2 is 1.80 bits per heavy atom. The summed E-state index contributed by atoms with van der Waals surface area (Å²) in [6, 6.07) is 3.38. The van der Waals surface area contributed by atoms with Crippen LogP contribution in [0.15, 0.2) is 12.1 Å². The number of aliphatic hydroxyl groups is 1. The number of hydrogen-bond donors (Lipinski definition) is 2. The topological polar surface area (TPSA) is 68.0 Å². The smallest absolute Gasteiger partial charge is 0.142 e. The SMILES string of the molecule is COc1cc(N2CCCCC2)c(OC)cc1[C@@H](N)CO. The van der Waals surface area contributed by atoms with Crippen LogP contribution in [-0.4, -0.2) is 39.0 Å². The standard InChI is InChI=1S/C15H24N2O3/c1-19-14-9-13(17-6-4-3-5-7-17)15(20-2)8-11(14)12(16)10-18/h8-9,12,18H,3-7,10,16H2,1-2H3/t12-/m0/s1. The molecule has 1 saturated heterocycles. The van der Waals surface area contributed by atoms with Crippen molar-refractivity contribution in [3.63, 3.8) is 0 Å². The van der Waals surface area contributed by atoms with Crippen molar-refractivity contribution < 1.29 is 14.6 Å². The Labute approximate surface area is 120 Å². The molecule has 1 heterocycles. The van der Waals surface area contributed by atoms with Crippen LogP contribution < -0.4 is 20.1 Å². The maximum absolute atomic E-state index is 9.26. The van der Waals surface area contributed by atoms with E-state index in [-0.39, 0.29) is 6.61 Å². The lowest BCUT2D eigenvalue weighted by Gasteiger charge is -2.31. The lowest BCUT2D eigenvalue weighted by atomic mass is 10.0. The van der Waals surface area contributed by atoms with E-state index in [1.807, 2.05) is 12.1 Å². The van der Waals surface area contributed by atoms with Gasteiger partial charge in [-0.2, -0.15) is 0 Å². The quantitative estimate of drug-likeness (QED) is 0.859. The van der Waals surface area contributed by atoms with Crippen LogP contribution in [0, 0.1) is 0 Å². The average molecular weight is 280 g/mol. The van der Waals surface area contributed by atoms with E-state index in [1.165, 1.54) is 19.3 Å². The highest BCUT2D eigenvalue weighted by Gasteiger charge is 2.20. The predicted octanol–water partition coefficient (Wildman–Crippen LogP) is 1.69.